The lowest BCUT2D eigenvalue weighted by Crippen LogP contribution is -2.41. The lowest BCUT2D eigenvalue weighted by molar-refractivity contribution is -0.130. The number of carbonyl (C=O) groups is 2. The number of carbonyl (C=O) groups excluding carboxylic acids is 2. The summed E-state index contributed by atoms with van der Waals surface area (Å²) in [6.45, 7) is 0.417. The van der Waals surface area contributed by atoms with E-state index in [1.807, 2.05) is 0 Å². The highest BCUT2D eigenvalue weighted by Gasteiger charge is 2.14. The molecule has 0 aliphatic carbocycles. The molecule has 0 aromatic heterocycles. The number of amides is 2. The molecule has 0 radical (unpaired) electrons. The van der Waals surface area contributed by atoms with Gasteiger partial charge in [-0.15, -0.1) is 0 Å². The summed E-state index contributed by atoms with van der Waals surface area (Å²) < 4.78 is 4.81. The molecular weight excluding hydrogens is 186 g/mol. The average Bonchev–Trinajstić information content (AvgIpc) is 2.19. The Morgan fingerprint density at radius 2 is 2.14 bits per heavy atom. The highest BCUT2D eigenvalue weighted by atomic mass is 16.5. The summed E-state index contributed by atoms with van der Waals surface area (Å²) in [6, 6.07) is 0. The van der Waals surface area contributed by atoms with E-state index in [4.69, 9.17) is 10.5 Å². The van der Waals surface area contributed by atoms with Gasteiger partial charge in [0, 0.05) is 33.7 Å². The van der Waals surface area contributed by atoms with E-state index in [0.29, 0.717) is 6.54 Å². The number of nitrogens with one attached hydrogen (secondary N) is 2. The van der Waals surface area contributed by atoms with Crippen molar-refractivity contribution in [1.82, 2.24) is 10.6 Å². The number of rotatable bonds is 6. The molecule has 4 N–H and O–H groups in total. The van der Waals surface area contributed by atoms with Crippen LogP contribution >= 0.6 is 0 Å². The summed E-state index contributed by atoms with van der Waals surface area (Å²) in [6.07, 6.45) is -0.386. The Morgan fingerprint density at radius 1 is 1.50 bits per heavy atom. The zero-order chi connectivity index (χ0) is 11.0. The summed E-state index contributed by atoms with van der Waals surface area (Å²) in [5.74, 6) is -0.411. The van der Waals surface area contributed by atoms with Crippen molar-refractivity contribution in [2.24, 2.45) is 5.73 Å². The first-order valence-electron chi connectivity index (χ1n) is 4.36. The van der Waals surface area contributed by atoms with Crippen LogP contribution in [-0.4, -0.2) is 45.2 Å². The summed E-state index contributed by atoms with van der Waals surface area (Å²) >= 11 is 0. The van der Waals surface area contributed by atoms with Crippen molar-refractivity contribution in [2.75, 3.05) is 27.2 Å². The molecule has 0 aromatic carbocycles. The van der Waals surface area contributed by atoms with Crippen LogP contribution in [0.4, 0.5) is 0 Å². The predicted octanol–water partition coefficient (Wildman–Crippen LogP) is -1.79. The van der Waals surface area contributed by atoms with Gasteiger partial charge in [0.1, 0.15) is 6.10 Å². The van der Waals surface area contributed by atoms with E-state index in [1.165, 1.54) is 7.11 Å². The third-order valence-electron chi connectivity index (χ3n) is 1.72. The molecule has 0 saturated carbocycles. The summed E-state index contributed by atoms with van der Waals surface area (Å²) in [5, 5.41) is 4.99. The zero-order valence-electron chi connectivity index (χ0n) is 8.50. The first-order valence-corrected chi connectivity index (χ1v) is 4.36. The van der Waals surface area contributed by atoms with Crippen molar-refractivity contribution in [3.05, 3.63) is 0 Å². The zero-order valence-corrected chi connectivity index (χ0v) is 8.50. The number of ether oxygens (including phenoxy) is 1. The molecule has 6 nitrogen and oxygen atoms in total. The Morgan fingerprint density at radius 3 is 2.57 bits per heavy atom. The number of nitrogens with two attached hydrogens (primary N) is 1. The fourth-order valence-corrected chi connectivity index (χ4v) is 0.848. The van der Waals surface area contributed by atoms with E-state index in [9.17, 15) is 9.59 Å². The van der Waals surface area contributed by atoms with Gasteiger partial charge < -0.3 is 21.1 Å². The Bertz CT molecular complexity index is 192. The monoisotopic (exact) mass is 203 g/mol. The molecule has 0 aliphatic rings. The minimum atomic E-state index is -0.639. The van der Waals surface area contributed by atoms with Gasteiger partial charge in [0.25, 0.3) is 0 Å². The van der Waals surface area contributed by atoms with Crippen molar-refractivity contribution in [2.45, 2.75) is 12.5 Å². The van der Waals surface area contributed by atoms with E-state index in [2.05, 4.69) is 10.6 Å². The van der Waals surface area contributed by atoms with Crippen molar-refractivity contribution in [3.8, 4) is 0 Å². The molecule has 2 amide bonds. The maximum Gasteiger partial charge on any atom is 0.250 e. The normalized spacial score (nSPS) is 11.9. The molecule has 0 fully saturated rings. The summed E-state index contributed by atoms with van der Waals surface area (Å²) in [4.78, 5) is 22.0. The second-order valence-electron chi connectivity index (χ2n) is 2.67. The van der Waals surface area contributed by atoms with Gasteiger partial charge in [0.05, 0.1) is 0 Å². The van der Waals surface area contributed by atoms with E-state index in [-0.39, 0.29) is 24.8 Å². The van der Waals surface area contributed by atoms with Crippen molar-refractivity contribution in [3.63, 3.8) is 0 Å². The van der Waals surface area contributed by atoms with Gasteiger partial charge in [-0.25, -0.2) is 0 Å². The van der Waals surface area contributed by atoms with Crippen LogP contribution in [0.5, 0.6) is 0 Å². The van der Waals surface area contributed by atoms with Gasteiger partial charge >= 0.3 is 0 Å². The molecule has 0 aromatic rings. The van der Waals surface area contributed by atoms with Crippen LogP contribution in [0.25, 0.3) is 0 Å². The first-order chi connectivity index (χ1) is 6.65. The number of hydrogen-bond donors (Lipinski definition) is 3. The van der Waals surface area contributed by atoms with Gasteiger partial charge in [-0.3, -0.25) is 9.59 Å². The third-order valence-corrected chi connectivity index (χ3v) is 1.72. The molecule has 0 aliphatic heterocycles. The topological polar surface area (TPSA) is 93.5 Å². The second kappa shape index (κ2) is 7.28. The summed E-state index contributed by atoms with van der Waals surface area (Å²) in [5.41, 5.74) is 5.28. The molecule has 1 atom stereocenters. The van der Waals surface area contributed by atoms with Crippen molar-refractivity contribution >= 4 is 11.8 Å². The Balaban J connectivity index is 3.67. The van der Waals surface area contributed by atoms with Crippen molar-refractivity contribution in [1.29, 1.82) is 0 Å². The lowest BCUT2D eigenvalue weighted by Gasteiger charge is -2.12. The largest absolute Gasteiger partial charge is 0.370 e. The van der Waals surface area contributed by atoms with Gasteiger partial charge in [0.15, 0.2) is 0 Å². The molecule has 82 valence electrons. The van der Waals surface area contributed by atoms with E-state index < -0.39 is 6.10 Å². The second-order valence-corrected chi connectivity index (χ2v) is 2.67. The standard InChI is InChI=1S/C8H17N3O3/c1-10-7(12)3-4-11-8(13)6(5-9)14-2/h6H,3-5,9H2,1-2H3,(H,10,12)(H,11,13). The van der Waals surface area contributed by atoms with Gasteiger partial charge in [0.2, 0.25) is 11.8 Å². The minimum Gasteiger partial charge on any atom is -0.370 e. The highest BCUT2D eigenvalue weighted by molar-refractivity contribution is 5.82. The van der Waals surface area contributed by atoms with E-state index in [1.54, 1.807) is 7.05 Å². The van der Waals surface area contributed by atoms with Crippen LogP contribution in [0, 0.1) is 0 Å². The Labute approximate surface area is 83.2 Å². The van der Waals surface area contributed by atoms with Crippen LogP contribution < -0.4 is 16.4 Å². The quantitative estimate of drug-likeness (QED) is 0.475. The van der Waals surface area contributed by atoms with Crippen LogP contribution in [0.2, 0.25) is 0 Å². The predicted molar refractivity (Wildman–Crippen MR) is 51.5 cm³/mol. The maximum atomic E-state index is 11.2. The molecule has 1 unspecified atom stereocenters. The molecule has 0 bridgehead atoms. The Kier molecular flexibility index (Phi) is 6.69. The van der Waals surface area contributed by atoms with Crippen LogP contribution in [0.15, 0.2) is 0 Å². The molecular formula is C8H17N3O3. The van der Waals surface area contributed by atoms with E-state index >= 15 is 0 Å². The smallest absolute Gasteiger partial charge is 0.250 e. The molecule has 0 spiro atoms. The van der Waals surface area contributed by atoms with Gasteiger partial charge in [-0.1, -0.05) is 0 Å². The van der Waals surface area contributed by atoms with Gasteiger partial charge in [-0.2, -0.15) is 0 Å². The number of hydrogen-bond acceptors (Lipinski definition) is 4. The average molecular weight is 203 g/mol. The molecule has 0 rings (SSSR count). The lowest BCUT2D eigenvalue weighted by atomic mass is 10.3. The fourth-order valence-electron chi connectivity index (χ4n) is 0.848. The van der Waals surface area contributed by atoms with Crippen molar-refractivity contribution < 1.29 is 14.3 Å². The SMILES string of the molecule is CNC(=O)CCNC(=O)C(CN)OC. The molecule has 14 heavy (non-hydrogen) atoms. The van der Waals surface area contributed by atoms with Crippen LogP contribution in [0.3, 0.4) is 0 Å². The minimum absolute atomic E-state index is 0.119. The Hall–Kier alpha value is -1.14. The highest BCUT2D eigenvalue weighted by Crippen LogP contribution is 1.86. The third kappa shape index (κ3) is 4.78. The van der Waals surface area contributed by atoms with Crippen LogP contribution in [-0.2, 0) is 14.3 Å². The summed E-state index contributed by atoms with van der Waals surface area (Å²) in [7, 11) is 2.96. The van der Waals surface area contributed by atoms with Gasteiger partial charge in [-0.05, 0) is 0 Å². The maximum absolute atomic E-state index is 11.2. The number of methoxy groups -OCH3 is 1. The fraction of sp³-hybridized carbons (Fsp3) is 0.750. The molecule has 0 saturated heterocycles. The molecule has 6 heteroatoms. The van der Waals surface area contributed by atoms with E-state index in [0.717, 1.165) is 0 Å². The first kappa shape index (κ1) is 12.9. The molecule has 0 heterocycles. The van der Waals surface area contributed by atoms with Crippen LogP contribution in [0.1, 0.15) is 6.42 Å².